The van der Waals surface area contributed by atoms with Crippen LogP contribution in [0.4, 0.5) is 0 Å². The van der Waals surface area contributed by atoms with E-state index in [1.807, 2.05) is 23.2 Å². The van der Waals surface area contributed by atoms with Crippen LogP contribution in [0.5, 0.6) is 0 Å². The van der Waals surface area contributed by atoms with Crippen molar-refractivity contribution in [2.45, 2.75) is 74.6 Å². The number of nitrogens with zero attached hydrogens (tertiary/aromatic N) is 3. The van der Waals surface area contributed by atoms with Gasteiger partial charge in [0.05, 0.1) is 21.5 Å². The highest BCUT2D eigenvalue weighted by Gasteiger charge is 2.37. The Hall–Kier alpha value is -3.01. The molecule has 1 unspecified atom stereocenters. The van der Waals surface area contributed by atoms with Gasteiger partial charge in [-0.3, -0.25) is 14.7 Å². The summed E-state index contributed by atoms with van der Waals surface area (Å²) < 4.78 is 31.1. The first kappa shape index (κ1) is 29.1. The first-order valence-corrected chi connectivity index (χ1v) is 16.9. The lowest BCUT2D eigenvalue weighted by atomic mass is 9.83. The Kier molecular flexibility index (Phi) is 8.52. The summed E-state index contributed by atoms with van der Waals surface area (Å²) in [6.45, 7) is 8.63. The predicted octanol–water partition coefficient (Wildman–Crippen LogP) is 5.01. The van der Waals surface area contributed by atoms with Gasteiger partial charge in [0, 0.05) is 70.2 Å². The zero-order chi connectivity index (χ0) is 29.3. The Balaban J connectivity index is 1.18. The third-order valence-electron chi connectivity index (χ3n) is 9.26. The van der Waals surface area contributed by atoms with Crippen LogP contribution in [0.25, 0.3) is 11.4 Å². The minimum Gasteiger partial charge on any atom is -0.381 e. The first-order chi connectivity index (χ1) is 20.3. The fourth-order valence-electron chi connectivity index (χ4n) is 6.41. The van der Waals surface area contributed by atoms with E-state index in [0.29, 0.717) is 16.9 Å². The van der Waals surface area contributed by atoms with Gasteiger partial charge in [-0.15, -0.1) is 0 Å². The largest absolute Gasteiger partial charge is 0.381 e. The summed E-state index contributed by atoms with van der Waals surface area (Å²) in [5, 5.41) is -0.202. The molecule has 9 heteroatoms. The fourth-order valence-corrected chi connectivity index (χ4v) is 8.07. The molecule has 1 aliphatic carbocycles. The van der Waals surface area contributed by atoms with Crippen molar-refractivity contribution in [2.24, 2.45) is 5.92 Å². The van der Waals surface area contributed by atoms with Gasteiger partial charge in [-0.1, -0.05) is 18.2 Å². The van der Waals surface area contributed by atoms with E-state index in [9.17, 15) is 13.2 Å². The Morgan fingerprint density at radius 1 is 1.02 bits per heavy atom. The van der Waals surface area contributed by atoms with Crippen LogP contribution in [0.15, 0.2) is 59.6 Å². The van der Waals surface area contributed by atoms with Crippen molar-refractivity contribution in [2.75, 3.05) is 32.8 Å². The highest BCUT2D eigenvalue weighted by molar-refractivity contribution is 7.92. The molecule has 2 aliphatic heterocycles. The van der Waals surface area contributed by atoms with Gasteiger partial charge in [-0.05, 0) is 86.4 Å². The minimum absolute atomic E-state index is 0.133. The number of pyridine rings is 1. The van der Waals surface area contributed by atoms with Crippen LogP contribution < -0.4 is 0 Å². The quantitative estimate of drug-likeness (QED) is 0.376. The molecule has 8 nitrogen and oxygen atoms in total. The summed E-state index contributed by atoms with van der Waals surface area (Å²) in [5.74, 6) is 0.836. The van der Waals surface area contributed by atoms with Crippen molar-refractivity contribution in [3.63, 3.8) is 0 Å². The highest BCUT2D eigenvalue weighted by atomic mass is 32.2. The van der Waals surface area contributed by atoms with Crippen LogP contribution in [0.2, 0.25) is 0 Å². The maximum Gasteiger partial charge on any atom is 0.219 e. The van der Waals surface area contributed by atoms with Gasteiger partial charge in [0.15, 0.2) is 9.84 Å². The number of benzene rings is 1. The molecule has 0 bridgehead atoms. The number of nitrogens with one attached hydrogen (secondary N) is 1. The number of piperazine rings is 1. The van der Waals surface area contributed by atoms with Crippen LogP contribution in [-0.4, -0.2) is 78.2 Å². The summed E-state index contributed by atoms with van der Waals surface area (Å²) in [5.41, 5.74) is 5.29. The lowest BCUT2D eigenvalue weighted by Gasteiger charge is -2.39. The molecule has 2 saturated heterocycles. The van der Waals surface area contributed by atoms with Crippen molar-refractivity contribution >= 4 is 15.7 Å². The molecule has 4 heterocycles. The van der Waals surface area contributed by atoms with Crippen molar-refractivity contribution in [1.29, 1.82) is 0 Å². The summed E-state index contributed by atoms with van der Waals surface area (Å²) in [6, 6.07) is 16.4. The molecule has 3 aromatic rings. The number of aromatic nitrogens is 2. The number of aromatic amines is 1. The van der Waals surface area contributed by atoms with Gasteiger partial charge in [0.2, 0.25) is 5.91 Å². The van der Waals surface area contributed by atoms with E-state index in [0.717, 1.165) is 99.7 Å². The Labute approximate surface area is 249 Å². The molecule has 0 radical (unpaired) electrons. The molecule has 1 saturated carbocycles. The minimum atomic E-state index is -3.21. The van der Waals surface area contributed by atoms with Crippen molar-refractivity contribution in [1.82, 2.24) is 19.8 Å². The van der Waals surface area contributed by atoms with E-state index in [-0.39, 0.29) is 17.1 Å². The van der Waals surface area contributed by atoms with Crippen LogP contribution in [0, 0.1) is 5.92 Å². The van der Waals surface area contributed by atoms with Gasteiger partial charge in [0.25, 0.3) is 0 Å². The lowest BCUT2D eigenvalue weighted by Crippen LogP contribution is -2.52. The number of carbonyl (C=O) groups is 1. The smallest absolute Gasteiger partial charge is 0.219 e. The third kappa shape index (κ3) is 6.48. The molecule has 3 aliphatic rings. The number of ether oxygens (including phenoxy) is 1. The molecule has 1 amide bonds. The topological polar surface area (TPSA) is 95.6 Å². The monoisotopic (exact) mass is 590 g/mol. The third-order valence-corrected chi connectivity index (χ3v) is 11.5. The van der Waals surface area contributed by atoms with Crippen LogP contribution in [0.1, 0.15) is 68.7 Å². The molecule has 2 atom stereocenters. The Bertz CT molecular complexity index is 1470. The number of H-pyrrole nitrogens is 1. The summed E-state index contributed by atoms with van der Waals surface area (Å²) in [7, 11) is -3.21. The van der Waals surface area contributed by atoms with E-state index in [1.165, 1.54) is 0 Å². The molecule has 42 heavy (non-hydrogen) atoms. The van der Waals surface area contributed by atoms with E-state index < -0.39 is 9.84 Å². The maximum atomic E-state index is 12.8. The van der Waals surface area contributed by atoms with E-state index >= 15 is 0 Å². The number of carbonyl (C=O) groups excluding carboxylic acids is 1. The standard InChI is InChI=1S/C33H42N4O4S/c1-23-21-37(24(2)38)16-15-36(23)22-26-3-10-32(34-20-26)33-12-11-31(35-33)30(19-25-13-17-41-18-14-25)27-4-6-28(7-5-27)42(39,40)29-8-9-29/h3-7,10-12,20,23,25,29-30,35H,8-9,13-19,21-22H2,1-2H3/t23-,30?/m0/s1. The molecule has 6 rings (SSSR count). The SMILES string of the molecule is CC(=O)N1CCN(Cc2ccc(-c3ccc(C(CC4CCOCC4)c4ccc(S(=O)(=O)C5CC5)cc4)[nH]3)nc2)[C@@H](C)C1. The zero-order valence-corrected chi connectivity index (χ0v) is 25.5. The van der Waals surface area contributed by atoms with E-state index in [4.69, 9.17) is 9.72 Å². The second-order valence-corrected chi connectivity index (χ2v) is 14.5. The normalized spacial score (nSPS) is 21.4. The molecule has 1 aromatic carbocycles. The summed E-state index contributed by atoms with van der Waals surface area (Å²) >= 11 is 0. The van der Waals surface area contributed by atoms with Crippen LogP contribution in [-0.2, 0) is 25.9 Å². The first-order valence-electron chi connectivity index (χ1n) is 15.3. The number of hydrogen-bond donors (Lipinski definition) is 1. The summed E-state index contributed by atoms with van der Waals surface area (Å²) in [6.07, 6.45) is 6.58. The lowest BCUT2D eigenvalue weighted by molar-refractivity contribution is -0.131. The molecular formula is C33H42N4O4S. The fraction of sp³-hybridized carbons (Fsp3) is 0.515. The average Bonchev–Trinajstić information content (AvgIpc) is 3.76. The van der Waals surface area contributed by atoms with Gasteiger partial charge in [0.1, 0.15) is 0 Å². The predicted molar refractivity (Wildman–Crippen MR) is 163 cm³/mol. The number of amides is 1. The van der Waals surface area contributed by atoms with Gasteiger partial charge in [-0.2, -0.15) is 0 Å². The van der Waals surface area contributed by atoms with E-state index in [1.54, 1.807) is 19.1 Å². The highest BCUT2D eigenvalue weighted by Crippen LogP contribution is 2.37. The van der Waals surface area contributed by atoms with Crippen LogP contribution in [0.3, 0.4) is 0 Å². The van der Waals surface area contributed by atoms with Gasteiger partial charge < -0.3 is 14.6 Å². The molecule has 3 fully saturated rings. The van der Waals surface area contributed by atoms with Gasteiger partial charge in [-0.25, -0.2) is 8.42 Å². The van der Waals surface area contributed by atoms with Crippen molar-refractivity contribution < 1.29 is 17.9 Å². The second kappa shape index (κ2) is 12.3. The number of hydrogen-bond acceptors (Lipinski definition) is 6. The molecule has 0 spiro atoms. The van der Waals surface area contributed by atoms with Crippen molar-refractivity contribution in [3.8, 4) is 11.4 Å². The summed E-state index contributed by atoms with van der Waals surface area (Å²) in [4.78, 5) is 25.0. The molecular weight excluding hydrogens is 548 g/mol. The average molecular weight is 591 g/mol. The maximum absolute atomic E-state index is 12.8. The Morgan fingerprint density at radius 3 is 2.43 bits per heavy atom. The van der Waals surface area contributed by atoms with Gasteiger partial charge >= 0.3 is 0 Å². The van der Waals surface area contributed by atoms with Crippen LogP contribution >= 0.6 is 0 Å². The van der Waals surface area contributed by atoms with E-state index in [2.05, 4.69) is 41.1 Å². The molecule has 2 aromatic heterocycles. The molecule has 224 valence electrons. The molecule has 1 N–H and O–H groups in total. The number of sulfone groups is 1. The van der Waals surface area contributed by atoms with Crippen molar-refractivity contribution in [3.05, 3.63) is 71.5 Å². The zero-order valence-electron chi connectivity index (χ0n) is 24.7. The Morgan fingerprint density at radius 2 is 1.79 bits per heavy atom. The second-order valence-electron chi connectivity index (χ2n) is 12.3. The number of rotatable bonds is 9.